The lowest BCUT2D eigenvalue weighted by molar-refractivity contribution is -0.183. The van der Waals surface area contributed by atoms with Crippen molar-refractivity contribution in [2.24, 2.45) is 0 Å². The van der Waals surface area contributed by atoms with Gasteiger partial charge in [0.2, 0.25) is 0 Å². The molecule has 1 saturated heterocycles. The highest BCUT2D eigenvalue weighted by Crippen LogP contribution is 2.26. The third-order valence-corrected chi connectivity index (χ3v) is 4.79. The van der Waals surface area contributed by atoms with Crippen LogP contribution in [0.3, 0.4) is 0 Å². The number of alkyl halides is 3. The van der Waals surface area contributed by atoms with Crippen LogP contribution in [-0.2, 0) is 6.54 Å². The van der Waals surface area contributed by atoms with E-state index in [1.807, 2.05) is 18.2 Å². The molecule has 0 bridgehead atoms. The topological polar surface area (TPSA) is 40.2 Å². The third kappa shape index (κ3) is 4.41. The van der Waals surface area contributed by atoms with Crippen LogP contribution < -0.4 is 10.6 Å². The van der Waals surface area contributed by atoms with Crippen LogP contribution in [-0.4, -0.2) is 54.8 Å². The number of hydrogen-bond acceptors (Lipinski definition) is 4. The van der Waals surface area contributed by atoms with E-state index in [9.17, 15) is 13.2 Å². The zero-order valence-electron chi connectivity index (χ0n) is 13.6. The molecule has 1 aliphatic rings. The van der Waals surface area contributed by atoms with Gasteiger partial charge >= 0.3 is 6.18 Å². The number of benzene rings is 1. The normalized spacial score (nSPS) is 17.8. The first-order chi connectivity index (χ1) is 12.0. The molecule has 0 amide bonds. The quantitative estimate of drug-likeness (QED) is 0.846. The zero-order chi connectivity index (χ0) is 17.9. The van der Waals surface area contributed by atoms with Gasteiger partial charge in [-0.05, 0) is 12.1 Å². The highest BCUT2D eigenvalue weighted by Gasteiger charge is 2.43. The second-order valence-corrected chi connectivity index (χ2v) is 6.48. The smallest absolute Gasteiger partial charge is 0.314 e. The largest absolute Gasteiger partial charge is 0.405 e. The third-order valence-electron chi connectivity index (χ3n) is 4.43. The van der Waals surface area contributed by atoms with E-state index in [-0.39, 0.29) is 13.1 Å². The number of halogens is 4. The summed E-state index contributed by atoms with van der Waals surface area (Å²) in [5, 5.41) is 7.43. The number of aromatic nitrogens is 1. The molecule has 4 nitrogen and oxygen atoms in total. The van der Waals surface area contributed by atoms with Gasteiger partial charge in [0, 0.05) is 61.4 Å². The Balaban J connectivity index is 1.71. The summed E-state index contributed by atoms with van der Waals surface area (Å²) in [6.07, 6.45) is -2.62. The van der Waals surface area contributed by atoms with E-state index < -0.39 is 12.2 Å². The molecular formula is C17H20ClF3N4. The summed E-state index contributed by atoms with van der Waals surface area (Å²) in [5.74, 6) is 0. The first kappa shape index (κ1) is 18.4. The zero-order valence-corrected chi connectivity index (χ0v) is 14.4. The average molecular weight is 373 g/mol. The fourth-order valence-electron chi connectivity index (χ4n) is 3.13. The molecule has 2 N–H and O–H groups in total. The Morgan fingerprint density at radius 3 is 2.72 bits per heavy atom. The summed E-state index contributed by atoms with van der Waals surface area (Å²) in [6, 6.07) is 5.82. The van der Waals surface area contributed by atoms with E-state index in [1.54, 1.807) is 12.3 Å². The Bertz CT molecular complexity index is 717. The number of rotatable bonds is 5. The average Bonchev–Trinajstić information content (AvgIpc) is 2.60. The summed E-state index contributed by atoms with van der Waals surface area (Å²) >= 11 is 6.24. The van der Waals surface area contributed by atoms with Crippen molar-refractivity contribution in [2.45, 2.75) is 18.8 Å². The SMILES string of the molecule is FC(F)(F)C(CNCc1c(Cl)ccc2cccnc12)N1CCNCC1. The van der Waals surface area contributed by atoms with Crippen LogP contribution in [0.15, 0.2) is 30.5 Å². The molecule has 0 saturated carbocycles. The fraction of sp³-hybridized carbons (Fsp3) is 0.471. The monoisotopic (exact) mass is 372 g/mol. The second kappa shape index (κ2) is 7.86. The highest BCUT2D eigenvalue weighted by atomic mass is 35.5. The van der Waals surface area contributed by atoms with Gasteiger partial charge in [-0.2, -0.15) is 13.2 Å². The second-order valence-electron chi connectivity index (χ2n) is 6.08. The predicted octanol–water partition coefficient (Wildman–Crippen LogP) is 2.81. The van der Waals surface area contributed by atoms with Gasteiger partial charge in [-0.15, -0.1) is 0 Å². The van der Waals surface area contributed by atoms with Crippen LogP contribution >= 0.6 is 11.6 Å². The van der Waals surface area contributed by atoms with Crippen LogP contribution in [0.1, 0.15) is 5.56 Å². The van der Waals surface area contributed by atoms with Gasteiger partial charge in [-0.1, -0.05) is 23.7 Å². The number of nitrogens with zero attached hydrogens (tertiary/aromatic N) is 2. The number of hydrogen-bond donors (Lipinski definition) is 2. The summed E-state index contributed by atoms with van der Waals surface area (Å²) in [6.45, 7) is 2.00. The Kier molecular flexibility index (Phi) is 5.78. The minimum absolute atomic E-state index is 0.178. The lowest BCUT2D eigenvalue weighted by Crippen LogP contribution is -2.57. The van der Waals surface area contributed by atoms with Crippen molar-refractivity contribution in [3.8, 4) is 0 Å². The molecule has 136 valence electrons. The molecule has 2 heterocycles. The summed E-state index contributed by atoms with van der Waals surface area (Å²) in [5.41, 5.74) is 1.44. The van der Waals surface area contributed by atoms with E-state index >= 15 is 0 Å². The number of piperazine rings is 1. The van der Waals surface area contributed by atoms with Gasteiger partial charge < -0.3 is 10.6 Å². The Morgan fingerprint density at radius 2 is 2.00 bits per heavy atom. The van der Waals surface area contributed by atoms with Gasteiger partial charge in [0.25, 0.3) is 0 Å². The van der Waals surface area contributed by atoms with E-state index in [4.69, 9.17) is 11.6 Å². The van der Waals surface area contributed by atoms with E-state index in [1.165, 1.54) is 4.90 Å². The molecular weight excluding hydrogens is 353 g/mol. The Labute approximate surface area is 149 Å². The van der Waals surface area contributed by atoms with Crippen molar-refractivity contribution in [1.29, 1.82) is 0 Å². The number of fused-ring (bicyclic) bond motifs is 1. The molecule has 1 aromatic heterocycles. The molecule has 25 heavy (non-hydrogen) atoms. The number of nitrogens with one attached hydrogen (secondary N) is 2. The molecule has 1 atom stereocenters. The first-order valence-corrected chi connectivity index (χ1v) is 8.59. The Hall–Kier alpha value is -1.41. The van der Waals surface area contributed by atoms with Gasteiger partial charge in [0.05, 0.1) is 5.52 Å². The molecule has 0 radical (unpaired) electrons. The predicted molar refractivity (Wildman–Crippen MR) is 92.7 cm³/mol. The van der Waals surface area contributed by atoms with Crippen molar-refractivity contribution in [2.75, 3.05) is 32.7 Å². The first-order valence-electron chi connectivity index (χ1n) is 8.21. The lowest BCUT2D eigenvalue weighted by Gasteiger charge is -2.36. The minimum Gasteiger partial charge on any atom is -0.314 e. The molecule has 2 aromatic rings. The van der Waals surface area contributed by atoms with Crippen molar-refractivity contribution < 1.29 is 13.2 Å². The van der Waals surface area contributed by atoms with Gasteiger partial charge in [-0.3, -0.25) is 9.88 Å². The van der Waals surface area contributed by atoms with Gasteiger partial charge in [0.1, 0.15) is 6.04 Å². The van der Waals surface area contributed by atoms with E-state index in [0.717, 1.165) is 10.9 Å². The molecule has 3 rings (SSSR count). The van der Waals surface area contributed by atoms with E-state index in [0.29, 0.717) is 36.7 Å². The van der Waals surface area contributed by atoms with Crippen LogP contribution in [0.25, 0.3) is 10.9 Å². The van der Waals surface area contributed by atoms with Crippen molar-refractivity contribution >= 4 is 22.5 Å². The number of pyridine rings is 1. The summed E-state index contributed by atoms with van der Waals surface area (Å²) in [7, 11) is 0. The Morgan fingerprint density at radius 1 is 1.24 bits per heavy atom. The van der Waals surface area contributed by atoms with Crippen LogP contribution in [0.4, 0.5) is 13.2 Å². The molecule has 1 fully saturated rings. The van der Waals surface area contributed by atoms with Crippen molar-refractivity contribution in [3.63, 3.8) is 0 Å². The summed E-state index contributed by atoms with van der Waals surface area (Å²) in [4.78, 5) is 5.79. The highest BCUT2D eigenvalue weighted by molar-refractivity contribution is 6.32. The van der Waals surface area contributed by atoms with Crippen LogP contribution in [0.2, 0.25) is 5.02 Å². The standard InChI is InChI=1S/C17H20ClF3N4/c18-14-4-3-12-2-1-5-24-16(12)13(14)10-23-11-15(17(19,20)21)25-8-6-22-7-9-25/h1-5,15,22-23H,6-11H2. The van der Waals surface area contributed by atoms with Crippen LogP contribution in [0, 0.1) is 0 Å². The summed E-state index contributed by atoms with van der Waals surface area (Å²) < 4.78 is 40.3. The molecule has 1 aromatic carbocycles. The minimum atomic E-state index is -4.27. The maximum absolute atomic E-state index is 13.4. The van der Waals surface area contributed by atoms with Crippen molar-refractivity contribution in [1.82, 2.24) is 20.5 Å². The van der Waals surface area contributed by atoms with Gasteiger partial charge in [0.15, 0.2) is 0 Å². The molecule has 0 aliphatic carbocycles. The maximum atomic E-state index is 13.4. The lowest BCUT2D eigenvalue weighted by atomic mass is 10.1. The molecule has 1 unspecified atom stereocenters. The van der Waals surface area contributed by atoms with E-state index in [2.05, 4.69) is 15.6 Å². The molecule has 8 heteroatoms. The molecule has 0 spiro atoms. The van der Waals surface area contributed by atoms with Gasteiger partial charge in [-0.25, -0.2) is 0 Å². The van der Waals surface area contributed by atoms with Crippen LogP contribution in [0.5, 0.6) is 0 Å². The molecule has 1 aliphatic heterocycles. The van der Waals surface area contributed by atoms with Crippen molar-refractivity contribution in [3.05, 3.63) is 41.0 Å². The fourth-order valence-corrected chi connectivity index (χ4v) is 3.35. The maximum Gasteiger partial charge on any atom is 0.405 e.